The third kappa shape index (κ3) is 2.78. The van der Waals surface area contributed by atoms with Crippen LogP contribution < -0.4 is 10.5 Å². The van der Waals surface area contributed by atoms with E-state index in [0.717, 1.165) is 0 Å². The Morgan fingerprint density at radius 1 is 1.22 bits per heavy atom. The molecule has 0 amide bonds. The highest BCUT2D eigenvalue weighted by Gasteiger charge is 2.13. The zero-order valence-electron chi connectivity index (χ0n) is 9.19. The molecule has 18 heavy (non-hydrogen) atoms. The summed E-state index contributed by atoms with van der Waals surface area (Å²) in [6.45, 7) is 0. The van der Waals surface area contributed by atoms with Crippen molar-refractivity contribution in [1.29, 1.82) is 0 Å². The van der Waals surface area contributed by atoms with Gasteiger partial charge in [-0.15, -0.1) is 0 Å². The summed E-state index contributed by atoms with van der Waals surface area (Å²) in [6.07, 6.45) is 0. The summed E-state index contributed by atoms with van der Waals surface area (Å²) in [6, 6.07) is 11.2. The molecule has 0 unspecified atom stereocenters. The number of nitrogens with two attached hydrogens (primary N) is 1. The molecule has 92 valence electrons. The maximum Gasteiger partial charge on any atom is 0.140 e. The number of ether oxygens (including phenoxy) is 1. The lowest BCUT2D eigenvalue weighted by Crippen LogP contribution is -2.13. The van der Waals surface area contributed by atoms with Crippen molar-refractivity contribution in [3.8, 4) is 11.5 Å². The van der Waals surface area contributed by atoms with E-state index in [-0.39, 0.29) is 16.3 Å². The first-order valence-corrected chi connectivity index (χ1v) is 5.88. The molecule has 2 N–H and O–H groups in total. The molecule has 0 atom stereocenters. The van der Waals surface area contributed by atoms with E-state index in [1.807, 2.05) is 0 Å². The van der Waals surface area contributed by atoms with Gasteiger partial charge in [-0.2, -0.15) is 0 Å². The third-order valence-corrected chi connectivity index (χ3v) is 2.68. The van der Waals surface area contributed by atoms with Gasteiger partial charge in [-0.3, -0.25) is 0 Å². The fourth-order valence-corrected chi connectivity index (χ4v) is 1.86. The van der Waals surface area contributed by atoms with Crippen LogP contribution >= 0.6 is 23.8 Å². The molecule has 2 aromatic rings. The molecule has 0 bridgehead atoms. The van der Waals surface area contributed by atoms with E-state index >= 15 is 0 Å². The molecule has 0 heterocycles. The summed E-state index contributed by atoms with van der Waals surface area (Å²) in [7, 11) is 0. The maximum absolute atomic E-state index is 13.6. The SMILES string of the molecule is NC(=S)c1c(F)cccc1Oc1cccc(Cl)c1. The third-order valence-electron chi connectivity index (χ3n) is 2.25. The van der Waals surface area contributed by atoms with Crippen molar-refractivity contribution in [3.05, 3.63) is 58.9 Å². The van der Waals surface area contributed by atoms with Crippen molar-refractivity contribution >= 4 is 28.8 Å². The fourth-order valence-electron chi connectivity index (χ4n) is 1.49. The molecule has 0 aliphatic carbocycles. The smallest absolute Gasteiger partial charge is 0.140 e. The van der Waals surface area contributed by atoms with Crippen molar-refractivity contribution < 1.29 is 9.13 Å². The molecule has 0 radical (unpaired) electrons. The van der Waals surface area contributed by atoms with Gasteiger partial charge in [0.1, 0.15) is 22.3 Å². The average molecular weight is 282 g/mol. The lowest BCUT2D eigenvalue weighted by atomic mass is 10.2. The van der Waals surface area contributed by atoms with Gasteiger partial charge in [0.25, 0.3) is 0 Å². The van der Waals surface area contributed by atoms with Crippen LogP contribution in [-0.2, 0) is 0 Å². The van der Waals surface area contributed by atoms with Crippen molar-refractivity contribution in [2.75, 3.05) is 0 Å². The number of hydrogen-bond donors (Lipinski definition) is 1. The number of halogens is 2. The second-order valence-electron chi connectivity index (χ2n) is 3.54. The van der Waals surface area contributed by atoms with Crippen LogP contribution in [0.4, 0.5) is 4.39 Å². The van der Waals surface area contributed by atoms with Gasteiger partial charge < -0.3 is 10.5 Å². The normalized spacial score (nSPS) is 10.1. The van der Waals surface area contributed by atoms with Crippen molar-refractivity contribution in [1.82, 2.24) is 0 Å². The Kier molecular flexibility index (Phi) is 3.79. The van der Waals surface area contributed by atoms with E-state index in [2.05, 4.69) is 0 Å². The van der Waals surface area contributed by atoms with Crippen LogP contribution in [-0.4, -0.2) is 4.99 Å². The van der Waals surface area contributed by atoms with E-state index in [0.29, 0.717) is 10.8 Å². The van der Waals surface area contributed by atoms with Gasteiger partial charge in [0.2, 0.25) is 0 Å². The van der Waals surface area contributed by atoms with E-state index in [1.54, 1.807) is 30.3 Å². The van der Waals surface area contributed by atoms with Gasteiger partial charge in [-0.1, -0.05) is 36.0 Å². The molecule has 0 saturated heterocycles. The van der Waals surface area contributed by atoms with Crippen molar-refractivity contribution in [2.45, 2.75) is 0 Å². The Morgan fingerprint density at radius 2 is 1.94 bits per heavy atom. The molecule has 0 saturated carbocycles. The first-order chi connectivity index (χ1) is 8.58. The van der Waals surface area contributed by atoms with Gasteiger partial charge in [-0.25, -0.2) is 4.39 Å². The summed E-state index contributed by atoms with van der Waals surface area (Å²) in [5.74, 6) is 0.248. The van der Waals surface area contributed by atoms with Crippen molar-refractivity contribution in [3.63, 3.8) is 0 Å². The summed E-state index contributed by atoms with van der Waals surface area (Å²) < 4.78 is 19.1. The zero-order valence-corrected chi connectivity index (χ0v) is 10.8. The van der Waals surface area contributed by atoms with Gasteiger partial charge in [0, 0.05) is 5.02 Å². The summed E-state index contributed by atoms with van der Waals surface area (Å²) in [5.41, 5.74) is 5.57. The highest BCUT2D eigenvalue weighted by molar-refractivity contribution is 7.80. The lowest BCUT2D eigenvalue weighted by Gasteiger charge is -2.11. The second-order valence-corrected chi connectivity index (χ2v) is 4.41. The van der Waals surface area contributed by atoms with Gasteiger partial charge >= 0.3 is 0 Å². The molecule has 2 nitrogen and oxygen atoms in total. The van der Waals surface area contributed by atoms with Crippen LogP contribution in [0.15, 0.2) is 42.5 Å². The largest absolute Gasteiger partial charge is 0.456 e. The summed E-state index contributed by atoms with van der Waals surface area (Å²) in [4.78, 5) is -0.0508. The Labute approximate surface area is 114 Å². The van der Waals surface area contributed by atoms with Crippen LogP contribution in [0.1, 0.15) is 5.56 Å². The Morgan fingerprint density at radius 3 is 2.61 bits per heavy atom. The molecule has 0 aromatic heterocycles. The van der Waals surface area contributed by atoms with Gasteiger partial charge in [0.15, 0.2) is 0 Å². The minimum absolute atomic E-state index is 0.0508. The predicted octanol–water partition coefficient (Wildman–Crippen LogP) is 3.91. The fraction of sp³-hybridized carbons (Fsp3) is 0. The number of thiocarbonyl (C=S) groups is 1. The van der Waals surface area contributed by atoms with E-state index in [9.17, 15) is 4.39 Å². The molecule has 0 aliphatic heterocycles. The highest BCUT2D eigenvalue weighted by atomic mass is 35.5. The summed E-state index contributed by atoms with van der Waals surface area (Å²) >= 11 is 10.7. The Bertz CT molecular complexity index is 603. The molecule has 0 aliphatic rings. The molecule has 2 aromatic carbocycles. The minimum atomic E-state index is -0.512. The van der Waals surface area contributed by atoms with Crippen LogP contribution in [0, 0.1) is 5.82 Å². The number of benzene rings is 2. The monoisotopic (exact) mass is 281 g/mol. The second kappa shape index (κ2) is 5.33. The average Bonchev–Trinajstić information content (AvgIpc) is 2.28. The minimum Gasteiger partial charge on any atom is -0.456 e. The van der Waals surface area contributed by atoms with E-state index in [4.69, 9.17) is 34.3 Å². The molecular weight excluding hydrogens is 273 g/mol. The van der Waals surface area contributed by atoms with Crippen LogP contribution in [0.25, 0.3) is 0 Å². The Hall–Kier alpha value is -1.65. The molecule has 0 fully saturated rings. The van der Waals surface area contributed by atoms with Crippen LogP contribution in [0.5, 0.6) is 11.5 Å². The first-order valence-electron chi connectivity index (χ1n) is 5.09. The van der Waals surface area contributed by atoms with Crippen molar-refractivity contribution in [2.24, 2.45) is 5.73 Å². The molecule has 5 heteroatoms. The standard InChI is InChI=1S/C13H9ClFNOS/c14-8-3-1-4-9(7-8)17-11-6-2-5-10(15)12(11)13(16)18/h1-7H,(H2,16,18). The van der Waals surface area contributed by atoms with Gasteiger partial charge in [0.05, 0.1) is 5.56 Å². The number of rotatable bonds is 3. The maximum atomic E-state index is 13.6. The molecular formula is C13H9ClFNOS. The van der Waals surface area contributed by atoms with Crippen LogP contribution in [0.2, 0.25) is 5.02 Å². The molecule has 0 spiro atoms. The van der Waals surface area contributed by atoms with Crippen LogP contribution in [0.3, 0.4) is 0 Å². The van der Waals surface area contributed by atoms with E-state index in [1.165, 1.54) is 12.1 Å². The number of hydrogen-bond acceptors (Lipinski definition) is 2. The first kappa shape index (κ1) is 12.8. The lowest BCUT2D eigenvalue weighted by molar-refractivity contribution is 0.475. The topological polar surface area (TPSA) is 35.2 Å². The predicted molar refractivity (Wildman–Crippen MR) is 73.8 cm³/mol. The zero-order chi connectivity index (χ0) is 13.1. The highest BCUT2D eigenvalue weighted by Crippen LogP contribution is 2.28. The Balaban J connectivity index is 2.40. The van der Waals surface area contributed by atoms with E-state index < -0.39 is 5.82 Å². The van der Waals surface area contributed by atoms with Gasteiger partial charge in [-0.05, 0) is 30.3 Å². The molecule has 2 rings (SSSR count). The quantitative estimate of drug-likeness (QED) is 0.867. The summed E-state index contributed by atoms with van der Waals surface area (Å²) in [5, 5.41) is 0.528.